The lowest BCUT2D eigenvalue weighted by Gasteiger charge is -2.33. The third-order valence-corrected chi connectivity index (χ3v) is 4.46. The molecule has 0 fully saturated rings. The Hall–Kier alpha value is -3.42. The maximum atomic E-state index is 12.8. The molecule has 0 aliphatic carbocycles. The lowest BCUT2D eigenvalue weighted by Crippen LogP contribution is -2.49. The number of nitrogens with one attached hydrogen (secondary N) is 1. The number of methoxy groups -OCH3 is 1. The third-order valence-electron chi connectivity index (χ3n) is 4.46. The highest BCUT2D eigenvalue weighted by Gasteiger charge is 2.43. The molecule has 0 aromatic heterocycles. The van der Waals surface area contributed by atoms with Gasteiger partial charge in [-0.3, -0.25) is 14.9 Å². The number of hydrogen-bond acceptors (Lipinski definition) is 6. The summed E-state index contributed by atoms with van der Waals surface area (Å²) in [6.45, 7) is 3.37. The fraction of sp³-hybridized carbons (Fsp3) is 0.263. The Balaban J connectivity index is 1.91. The Morgan fingerprint density at radius 2 is 2.04 bits per heavy atom. The van der Waals surface area contributed by atoms with Crippen LogP contribution < -0.4 is 10.1 Å². The van der Waals surface area contributed by atoms with Crippen molar-refractivity contribution in [2.45, 2.75) is 25.9 Å². The Morgan fingerprint density at radius 1 is 1.30 bits per heavy atom. The summed E-state index contributed by atoms with van der Waals surface area (Å²) in [5.41, 5.74) is 0.278. The largest absolute Gasteiger partial charge is 0.496 e. The van der Waals surface area contributed by atoms with E-state index in [2.05, 4.69) is 5.32 Å². The highest BCUT2D eigenvalue weighted by atomic mass is 16.6. The van der Waals surface area contributed by atoms with Crippen LogP contribution in [0.25, 0.3) is 0 Å². The molecule has 2 aromatic rings. The molecule has 1 atom stereocenters. The Labute approximate surface area is 155 Å². The van der Waals surface area contributed by atoms with E-state index < -0.39 is 22.4 Å². The summed E-state index contributed by atoms with van der Waals surface area (Å²) in [6, 6.07) is 9.38. The molecule has 27 heavy (non-hydrogen) atoms. The van der Waals surface area contributed by atoms with Crippen molar-refractivity contribution in [3.05, 3.63) is 63.2 Å². The minimum atomic E-state index is -1.48. The molecule has 2 aromatic carbocycles. The van der Waals surface area contributed by atoms with Crippen molar-refractivity contribution in [3.63, 3.8) is 0 Å². The number of benzene rings is 2. The summed E-state index contributed by atoms with van der Waals surface area (Å²) in [6.07, 6.45) is 0.172. The average Bonchev–Trinajstić information content (AvgIpc) is 2.61. The van der Waals surface area contributed by atoms with Gasteiger partial charge in [-0.15, -0.1) is 0 Å². The van der Waals surface area contributed by atoms with E-state index in [0.717, 1.165) is 5.56 Å². The van der Waals surface area contributed by atoms with E-state index in [1.54, 1.807) is 12.1 Å². The zero-order valence-electron chi connectivity index (χ0n) is 15.1. The maximum Gasteiger partial charge on any atom is 0.339 e. The summed E-state index contributed by atoms with van der Waals surface area (Å²) in [4.78, 5) is 35.8. The number of rotatable bonds is 4. The number of hydrogen-bond donors (Lipinski definition) is 1. The summed E-state index contributed by atoms with van der Waals surface area (Å²) >= 11 is 0. The highest BCUT2D eigenvalue weighted by molar-refractivity contribution is 6.03. The number of fused-ring (bicyclic) bond motifs is 1. The van der Waals surface area contributed by atoms with Crippen LogP contribution in [0, 0.1) is 17.0 Å². The monoisotopic (exact) mass is 370 g/mol. The van der Waals surface area contributed by atoms with Gasteiger partial charge >= 0.3 is 5.97 Å². The van der Waals surface area contributed by atoms with Crippen molar-refractivity contribution in [1.29, 1.82) is 0 Å². The van der Waals surface area contributed by atoms with Gasteiger partial charge in [0, 0.05) is 6.42 Å². The average molecular weight is 370 g/mol. The Kier molecular flexibility index (Phi) is 4.57. The molecule has 0 bridgehead atoms. The molecule has 0 saturated carbocycles. The van der Waals surface area contributed by atoms with Crippen LogP contribution in [0.15, 0.2) is 36.4 Å². The number of carbonyl (C=O) groups excluding carboxylic acids is 2. The summed E-state index contributed by atoms with van der Waals surface area (Å²) < 4.78 is 10.4. The number of nitro benzene ring substituents is 1. The van der Waals surface area contributed by atoms with Crippen molar-refractivity contribution in [3.8, 4) is 5.75 Å². The molecule has 0 spiro atoms. The first kappa shape index (κ1) is 18.4. The molecular weight excluding hydrogens is 352 g/mol. The molecule has 140 valence electrons. The first-order valence-corrected chi connectivity index (χ1v) is 8.20. The van der Waals surface area contributed by atoms with Gasteiger partial charge in [-0.2, -0.15) is 0 Å². The molecule has 3 rings (SSSR count). The molecule has 1 aliphatic rings. The van der Waals surface area contributed by atoms with E-state index in [-0.39, 0.29) is 17.8 Å². The van der Waals surface area contributed by atoms with Gasteiger partial charge < -0.3 is 14.8 Å². The molecule has 0 saturated heterocycles. The molecule has 1 heterocycles. The van der Waals surface area contributed by atoms with Gasteiger partial charge in [0.2, 0.25) is 0 Å². The van der Waals surface area contributed by atoms with Crippen LogP contribution >= 0.6 is 0 Å². The molecule has 8 heteroatoms. The van der Waals surface area contributed by atoms with E-state index >= 15 is 0 Å². The van der Waals surface area contributed by atoms with Gasteiger partial charge in [0.15, 0.2) is 5.60 Å². The van der Waals surface area contributed by atoms with Crippen LogP contribution in [-0.4, -0.2) is 29.5 Å². The van der Waals surface area contributed by atoms with E-state index in [4.69, 9.17) is 9.47 Å². The minimum absolute atomic E-state index is 0.00175. The normalized spacial score (nSPS) is 18.3. The van der Waals surface area contributed by atoms with Crippen molar-refractivity contribution in [2.24, 2.45) is 0 Å². The molecule has 1 N–H and O–H groups in total. The second kappa shape index (κ2) is 6.71. The van der Waals surface area contributed by atoms with E-state index in [1.165, 1.54) is 32.2 Å². The molecule has 8 nitrogen and oxygen atoms in total. The van der Waals surface area contributed by atoms with Crippen molar-refractivity contribution in [2.75, 3.05) is 12.4 Å². The predicted molar refractivity (Wildman–Crippen MR) is 97.0 cm³/mol. The molecule has 1 aliphatic heterocycles. The van der Waals surface area contributed by atoms with E-state index in [0.29, 0.717) is 16.9 Å². The fourth-order valence-corrected chi connectivity index (χ4v) is 3.00. The number of cyclic esters (lactones) is 1. The number of ether oxygens (including phenoxy) is 2. The number of amides is 1. The van der Waals surface area contributed by atoms with Crippen LogP contribution in [0.3, 0.4) is 0 Å². The van der Waals surface area contributed by atoms with Gasteiger partial charge in [0.05, 0.1) is 23.7 Å². The van der Waals surface area contributed by atoms with Crippen LogP contribution in [0.2, 0.25) is 0 Å². The third kappa shape index (κ3) is 3.46. The number of aryl methyl sites for hydroxylation is 1. The quantitative estimate of drug-likeness (QED) is 0.503. The Bertz CT molecular complexity index is 955. The van der Waals surface area contributed by atoms with Gasteiger partial charge in [-0.1, -0.05) is 17.7 Å². The van der Waals surface area contributed by atoms with Gasteiger partial charge in [-0.25, -0.2) is 4.79 Å². The smallest absolute Gasteiger partial charge is 0.339 e. The van der Waals surface area contributed by atoms with E-state index in [9.17, 15) is 19.7 Å². The zero-order valence-corrected chi connectivity index (χ0v) is 15.1. The van der Waals surface area contributed by atoms with Crippen LogP contribution in [0.5, 0.6) is 5.75 Å². The molecule has 0 radical (unpaired) electrons. The number of carbonyl (C=O) groups is 2. The van der Waals surface area contributed by atoms with E-state index in [1.807, 2.05) is 13.0 Å². The fourth-order valence-electron chi connectivity index (χ4n) is 3.00. The van der Waals surface area contributed by atoms with Gasteiger partial charge in [0.1, 0.15) is 11.4 Å². The lowest BCUT2D eigenvalue weighted by atomic mass is 9.88. The van der Waals surface area contributed by atoms with Crippen molar-refractivity contribution >= 4 is 23.3 Å². The topological polar surface area (TPSA) is 108 Å². The zero-order chi connectivity index (χ0) is 19.8. The second-order valence-electron chi connectivity index (χ2n) is 6.55. The van der Waals surface area contributed by atoms with Crippen LogP contribution in [0.1, 0.15) is 28.4 Å². The Morgan fingerprint density at radius 3 is 2.70 bits per heavy atom. The van der Waals surface area contributed by atoms with Crippen LogP contribution in [-0.2, 0) is 16.0 Å². The molecule has 1 unspecified atom stereocenters. The number of nitrogens with zero attached hydrogens (tertiary/aromatic N) is 1. The van der Waals surface area contributed by atoms with Gasteiger partial charge in [-0.05, 0) is 37.6 Å². The second-order valence-corrected chi connectivity index (χ2v) is 6.55. The molecular formula is C19H18N2O6. The van der Waals surface area contributed by atoms with Crippen LogP contribution in [0.4, 0.5) is 11.4 Å². The highest BCUT2D eigenvalue weighted by Crippen LogP contribution is 2.33. The number of nitro groups is 1. The standard InChI is InChI=1S/C19H18N2O6/c1-11-4-6-14-12(8-11)10-19(2,27-17(14)22)18(23)20-15-7-5-13(26-3)9-16(15)21(24)25/h4-9H,10H2,1-3H3,(H,20,23). The van der Waals surface area contributed by atoms with Crippen molar-refractivity contribution in [1.82, 2.24) is 0 Å². The summed E-state index contributed by atoms with van der Waals surface area (Å²) in [7, 11) is 1.39. The molecule has 1 amide bonds. The lowest BCUT2D eigenvalue weighted by molar-refractivity contribution is -0.384. The number of esters is 1. The predicted octanol–water partition coefficient (Wildman–Crippen LogP) is 3.02. The SMILES string of the molecule is COc1ccc(NC(=O)C2(C)Cc3cc(C)ccc3C(=O)O2)c([N+](=O)[O-])c1. The minimum Gasteiger partial charge on any atom is -0.496 e. The first-order chi connectivity index (χ1) is 12.7. The number of anilines is 1. The summed E-state index contributed by atoms with van der Waals surface area (Å²) in [5, 5.41) is 13.8. The van der Waals surface area contributed by atoms with Crippen molar-refractivity contribution < 1.29 is 24.0 Å². The summed E-state index contributed by atoms with van der Waals surface area (Å²) in [5.74, 6) is -0.950. The van der Waals surface area contributed by atoms with Gasteiger partial charge in [0.25, 0.3) is 11.6 Å². The maximum absolute atomic E-state index is 12.8. The first-order valence-electron chi connectivity index (χ1n) is 8.20.